The van der Waals surface area contributed by atoms with Gasteiger partial charge in [0.2, 0.25) is 5.89 Å². The molecule has 2 rings (SSSR count). The molecule has 108 valence electrons. The Kier molecular flexibility index (Phi) is 5.26. The van der Waals surface area contributed by atoms with Gasteiger partial charge in [-0.05, 0) is 26.6 Å². The molecule has 1 aromatic heterocycles. The first-order valence-corrected chi connectivity index (χ1v) is 6.87. The minimum atomic E-state index is 0.384. The lowest BCUT2D eigenvalue weighted by Crippen LogP contribution is -2.35. The quantitative estimate of drug-likeness (QED) is 0.833. The molecule has 0 spiro atoms. The molecule has 0 radical (unpaired) electrons. The van der Waals surface area contributed by atoms with Crippen molar-refractivity contribution in [1.29, 1.82) is 0 Å². The maximum absolute atomic E-state index is 5.26. The zero-order valence-electron chi connectivity index (χ0n) is 12.3. The van der Waals surface area contributed by atoms with E-state index in [1.165, 1.54) is 5.56 Å². The second-order valence-corrected chi connectivity index (χ2v) is 5.31. The number of hydrogen-bond acceptors (Lipinski definition) is 5. The van der Waals surface area contributed by atoms with Crippen molar-refractivity contribution in [3.05, 3.63) is 47.6 Å². The third-order valence-electron chi connectivity index (χ3n) is 2.96. The lowest BCUT2D eigenvalue weighted by molar-refractivity contribution is 0.322. The van der Waals surface area contributed by atoms with E-state index in [4.69, 9.17) is 4.52 Å². The van der Waals surface area contributed by atoms with Gasteiger partial charge in [-0.15, -0.1) is 0 Å². The minimum Gasteiger partial charge on any atom is -0.338 e. The van der Waals surface area contributed by atoms with Crippen LogP contribution in [0.3, 0.4) is 0 Å². The van der Waals surface area contributed by atoms with E-state index in [2.05, 4.69) is 53.5 Å². The van der Waals surface area contributed by atoms with Gasteiger partial charge >= 0.3 is 0 Å². The summed E-state index contributed by atoms with van der Waals surface area (Å²) in [5.74, 6) is 1.37. The summed E-state index contributed by atoms with van der Waals surface area (Å²) in [5.41, 5.74) is 1.19. The average Bonchev–Trinajstić information content (AvgIpc) is 2.84. The maximum atomic E-state index is 5.26. The molecule has 2 aromatic rings. The Morgan fingerprint density at radius 1 is 1.25 bits per heavy atom. The summed E-state index contributed by atoms with van der Waals surface area (Å²) in [6.07, 6.45) is 0.706. The fourth-order valence-electron chi connectivity index (χ4n) is 2.09. The number of nitrogens with one attached hydrogen (secondary N) is 1. The molecule has 0 amide bonds. The maximum Gasteiger partial charge on any atom is 0.240 e. The summed E-state index contributed by atoms with van der Waals surface area (Å²) in [7, 11) is 4.12. The summed E-state index contributed by atoms with van der Waals surface area (Å²) < 4.78 is 5.26. The summed E-state index contributed by atoms with van der Waals surface area (Å²) in [4.78, 5) is 6.55. The van der Waals surface area contributed by atoms with E-state index in [1.54, 1.807) is 0 Å². The molecule has 0 saturated heterocycles. The van der Waals surface area contributed by atoms with Gasteiger partial charge in [0.15, 0.2) is 5.82 Å². The molecule has 0 bridgehead atoms. The number of rotatable bonds is 7. The fraction of sp³-hybridized carbons (Fsp3) is 0.467. The molecule has 1 unspecified atom stereocenters. The van der Waals surface area contributed by atoms with Gasteiger partial charge in [-0.3, -0.25) is 0 Å². The van der Waals surface area contributed by atoms with Crippen LogP contribution in [0.15, 0.2) is 34.9 Å². The monoisotopic (exact) mass is 274 g/mol. The predicted molar refractivity (Wildman–Crippen MR) is 78.4 cm³/mol. The van der Waals surface area contributed by atoms with Crippen LogP contribution in [-0.2, 0) is 13.0 Å². The van der Waals surface area contributed by atoms with Gasteiger partial charge in [0.05, 0.1) is 6.54 Å². The zero-order chi connectivity index (χ0) is 14.4. The molecule has 20 heavy (non-hydrogen) atoms. The van der Waals surface area contributed by atoms with Crippen molar-refractivity contribution in [3.8, 4) is 0 Å². The van der Waals surface area contributed by atoms with Crippen LogP contribution in [0, 0.1) is 0 Å². The standard InChI is InChI=1S/C15H22N4O/c1-12(11-19(2)3)16-10-15-17-14(18-20-15)9-13-7-5-4-6-8-13/h4-8,12,16H,9-11H2,1-3H3. The van der Waals surface area contributed by atoms with Crippen LogP contribution >= 0.6 is 0 Å². The Balaban J connectivity index is 1.83. The van der Waals surface area contributed by atoms with Gasteiger partial charge in [0.1, 0.15) is 0 Å². The van der Waals surface area contributed by atoms with Crippen molar-refractivity contribution in [2.24, 2.45) is 0 Å². The molecule has 0 aliphatic carbocycles. The van der Waals surface area contributed by atoms with Crippen LogP contribution in [0.25, 0.3) is 0 Å². The molecule has 0 aliphatic heterocycles. The highest BCUT2D eigenvalue weighted by molar-refractivity contribution is 5.18. The first-order valence-electron chi connectivity index (χ1n) is 6.87. The molecule has 5 heteroatoms. The second-order valence-electron chi connectivity index (χ2n) is 5.31. The molecular formula is C15H22N4O. The lowest BCUT2D eigenvalue weighted by Gasteiger charge is -2.17. The van der Waals surface area contributed by atoms with E-state index < -0.39 is 0 Å². The van der Waals surface area contributed by atoms with E-state index in [-0.39, 0.29) is 0 Å². The number of aromatic nitrogens is 2. The van der Waals surface area contributed by atoms with Crippen LogP contribution in [0.5, 0.6) is 0 Å². The van der Waals surface area contributed by atoms with Crippen LogP contribution in [0.1, 0.15) is 24.2 Å². The van der Waals surface area contributed by atoms with E-state index in [9.17, 15) is 0 Å². The van der Waals surface area contributed by atoms with Gasteiger partial charge in [-0.1, -0.05) is 35.5 Å². The molecule has 5 nitrogen and oxygen atoms in total. The van der Waals surface area contributed by atoms with Crippen molar-refractivity contribution in [1.82, 2.24) is 20.4 Å². The summed E-state index contributed by atoms with van der Waals surface area (Å²) >= 11 is 0. The molecule has 1 N–H and O–H groups in total. The number of hydrogen-bond donors (Lipinski definition) is 1. The number of nitrogens with zero attached hydrogens (tertiary/aromatic N) is 3. The largest absolute Gasteiger partial charge is 0.338 e. The molecule has 0 saturated carbocycles. The van der Waals surface area contributed by atoms with Crippen LogP contribution in [0.2, 0.25) is 0 Å². The van der Waals surface area contributed by atoms with Crippen molar-refractivity contribution in [2.75, 3.05) is 20.6 Å². The van der Waals surface area contributed by atoms with E-state index >= 15 is 0 Å². The van der Waals surface area contributed by atoms with Crippen LogP contribution in [-0.4, -0.2) is 41.7 Å². The van der Waals surface area contributed by atoms with Crippen molar-refractivity contribution >= 4 is 0 Å². The van der Waals surface area contributed by atoms with Gasteiger partial charge in [0.25, 0.3) is 0 Å². The van der Waals surface area contributed by atoms with Gasteiger partial charge in [0, 0.05) is 19.0 Å². The SMILES string of the molecule is CC(CN(C)C)NCc1nc(Cc2ccccc2)no1. The van der Waals surface area contributed by atoms with Gasteiger partial charge < -0.3 is 14.7 Å². The van der Waals surface area contributed by atoms with Gasteiger partial charge in [-0.25, -0.2) is 0 Å². The fourth-order valence-corrected chi connectivity index (χ4v) is 2.09. The summed E-state index contributed by atoms with van der Waals surface area (Å²) in [6.45, 7) is 3.73. The molecule has 1 aromatic carbocycles. The third-order valence-corrected chi connectivity index (χ3v) is 2.96. The zero-order valence-corrected chi connectivity index (χ0v) is 12.3. The van der Waals surface area contributed by atoms with Crippen molar-refractivity contribution < 1.29 is 4.52 Å². The molecule has 0 aliphatic rings. The second kappa shape index (κ2) is 7.17. The van der Waals surface area contributed by atoms with E-state index in [0.717, 1.165) is 12.4 Å². The first-order chi connectivity index (χ1) is 9.63. The molecule has 1 atom stereocenters. The lowest BCUT2D eigenvalue weighted by atomic mass is 10.1. The Morgan fingerprint density at radius 3 is 2.70 bits per heavy atom. The Morgan fingerprint density at radius 2 is 2.00 bits per heavy atom. The number of benzene rings is 1. The summed E-state index contributed by atoms with van der Waals surface area (Å²) in [5, 5.41) is 7.38. The van der Waals surface area contributed by atoms with Crippen molar-refractivity contribution in [3.63, 3.8) is 0 Å². The highest BCUT2D eigenvalue weighted by Crippen LogP contribution is 2.06. The van der Waals surface area contributed by atoms with E-state index in [0.29, 0.717) is 24.9 Å². The van der Waals surface area contributed by atoms with E-state index in [1.807, 2.05) is 18.2 Å². The Hall–Kier alpha value is -1.72. The topological polar surface area (TPSA) is 54.2 Å². The normalized spacial score (nSPS) is 12.8. The molecular weight excluding hydrogens is 252 g/mol. The predicted octanol–water partition coefficient (Wildman–Crippen LogP) is 1.70. The first kappa shape index (κ1) is 14.7. The Labute approximate surface area is 120 Å². The van der Waals surface area contributed by atoms with Gasteiger partial charge in [-0.2, -0.15) is 4.98 Å². The number of likely N-dealkylation sites (N-methyl/N-ethyl adjacent to an activating group) is 1. The molecule has 1 heterocycles. The smallest absolute Gasteiger partial charge is 0.240 e. The Bertz CT molecular complexity index is 510. The minimum absolute atomic E-state index is 0.384. The van der Waals surface area contributed by atoms with Crippen LogP contribution in [0.4, 0.5) is 0 Å². The highest BCUT2D eigenvalue weighted by Gasteiger charge is 2.09. The summed E-state index contributed by atoms with van der Waals surface area (Å²) in [6, 6.07) is 10.5. The molecule has 0 fully saturated rings. The average molecular weight is 274 g/mol. The highest BCUT2D eigenvalue weighted by atomic mass is 16.5. The van der Waals surface area contributed by atoms with Crippen LogP contribution < -0.4 is 5.32 Å². The van der Waals surface area contributed by atoms with Crippen molar-refractivity contribution in [2.45, 2.75) is 25.9 Å². The third kappa shape index (κ3) is 4.75.